The average molecular weight is 286 g/mol. The first-order valence-electron chi connectivity index (χ1n) is 5.82. The van der Waals surface area contributed by atoms with E-state index in [1.807, 2.05) is 6.26 Å². The van der Waals surface area contributed by atoms with Crippen molar-refractivity contribution in [3.8, 4) is 0 Å². The third-order valence-electron chi connectivity index (χ3n) is 2.58. The molecule has 4 N–H and O–H groups in total. The van der Waals surface area contributed by atoms with Crippen LogP contribution in [0.25, 0.3) is 0 Å². The Balaban J connectivity index is 2.46. The van der Waals surface area contributed by atoms with Crippen LogP contribution in [0.3, 0.4) is 0 Å². The van der Waals surface area contributed by atoms with Gasteiger partial charge in [-0.3, -0.25) is 5.10 Å². The molecule has 1 aromatic heterocycles. The highest BCUT2D eigenvalue weighted by molar-refractivity contribution is 7.98. The first kappa shape index (κ1) is 15.4. The topological polar surface area (TPSA) is 107 Å². The van der Waals surface area contributed by atoms with E-state index in [-0.39, 0.29) is 6.04 Å². The first-order chi connectivity index (χ1) is 9.04. The van der Waals surface area contributed by atoms with E-state index in [1.54, 1.807) is 19.3 Å². The molecule has 19 heavy (non-hydrogen) atoms. The number of aromatic nitrogens is 2. The lowest BCUT2D eigenvalue weighted by Crippen LogP contribution is -2.46. The molecule has 0 bridgehead atoms. The van der Waals surface area contributed by atoms with Crippen LogP contribution in [0.2, 0.25) is 0 Å². The van der Waals surface area contributed by atoms with E-state index in [4.69, 9.17) is 5.11 Å². The summed E-state index contributed by atoms with van der Waals surface area (Å²) >= 11 is 1.54. The molecule has 1 rings (SSSR count). The van der Waals surface area contributed by atoms with Gasteiger partial charge in [0.25, 0.3) is 0 Å². The van der Waals surface area contributed by atoms with E-state index >= 15 is 0 Å². The number of rotatable bonds is 7. The number of carbonyl (C=O) groups is 2. The standard InChI is InChI=1S/C11H18N4O3S/c1-7(8-5-12-13-6-8)14-11(18)15-9(10(16)17)3-4-19-2/h5-7,9H,3-4H2,1-2H3,(H,12,13)(H,16,17)(H2,14,15,18). The Labute approximate surface area is 115 Å². The number of urea groups is 1. The van der Waals surface area contributed by atoms with Crippen LogP contribution in [0.5, 0.6) is 0 Å². The predicted octanol–water partition coefficient (Wildman–Crippen LogP) is 0.976. The Kier molecular flexibility index (Phi) is 6.20. The molecule has 0 saturated heterocycles. The number of hydrogen-bond donors (Lipinski definition) is 4. The number of carbonyl (C=O) groups excluding carboxylic acids is 1. The normalized spacial score (nSPS) is 13.6. The molecular weight excluding hydrogens is 268 g/mol. The number of nitrogens with zero attached hydrogens (tertiary/aromatic N) is 1. The van der Waals surface area contributed by atoms with Gasteiger partial charge in [0.15, 0.2) is 0 Å². The smallest absolute Gasteiger partial charge is 0.326 e. The van der Waals surface area contributed by atoms with Crippen molar-refractivity contribution in [1.82, 2.24) is 20.8 Å². The van der Waals surface area contributed by atoms with Crippen LogP contribution in [0, 0.1) is 0 Å². The van der Waals surface area contributed by atoms with Gasteiger partial charge in [-0.15, -0.1) is 0 Å². The minimum Gasteiger partial charge on any atom is -0.480 e. The van der Waals surface area contributed by atoms with Crippen molar-refractivity contribution in [1.29, 1.82) is 0 Å². The number of carboxylic acids is 1. The van der Waals surface area contributed by atoms with E-state index in [9.17, 15) is 9.59 Å². The Morgan fingerprint density at radius 2 is 2.26 bits per heavy atom. The first-order valence-corrected chi connectivity index (χ1v) is 7.21. The summed E-state index contributed by atoms with van der Waals surface area (Å²) in [6, 6.07) is -1.61. The molecule has 0 saturated carbocycles. The number of aliphatic carboxylic acids is 1. The van der Waals surface area contributed by atoms with Gasteiger partial charge >= 0.3 is 12.0 Å². The molecule has 0 aliphatic carbocycles. The third-order valence-corrected chi connectivity index (χ3v) is 3.22. The van der Waals surface area contributed by atoms with E-state index < -0.39 is 18.0 Å². The largest absolute Gasteiger partial charge is 0.480 e. The van der Waals surface area contributed by atoms with E-state index in [1.165, 1.54) is 11.8 Å². The van der Waals surface area contributed by atoms with Gasteiger partial charge in [0.2, 0.25) is 0 Å². The van der Waals surface area contributed by atoms with Gasteiger partial charge in [-0.25, -0.2) is 9.59 Å². The molecule has 2 unspecified atom stereocenters. The maximum absolute atomic E-state index is 11.7. The summed E-state index contributed by atoms with van der Waals surface area (Å²) in [5.41, 5.74) is 0.825. The SMILES string of the molecule is CSCCC(NC(=O)NC(C)c1cn[nH]c1)C(=O)O. The second-order valence-corrected chi connectivity index (χ2v) is 5.03. The van der Waals surface area contributed by atoms with E-state index in [0.29, 0.717) is 12.2 Å². The van der Waals surface area contributed by atoms with Crippen molar-refractivity contribution in [2.45, 2.75) is 25.4 Å². The summed E-state index contributed by atoms with van der Waals surface area (Å²) in [7, 11) is 0. The van der Waals surface area contributed by atoms with Gasteiger partial charge in [0, 0.05) is 11.8 Å². The number of nitrogens with one attached hydrogen (secondary N) is 3. The van der Waals surface area contributed by atoms with Crippen LogP contribution in [0.4, 0.5) is 4.79 Å². The van der Waals surface area contributed by atoms with Crippen molar-refractivity contribution in [2.24, 2.45) is 0 Å². The quantitative estimate of drug-likeness (QED) is 0.597. The van der Waals surface area contributed by atoms with Crippen LogP contribution in [-0.2, 0) is 4.79 Å². The summed E-state index contributed by atoms with van der Waals surface area (Å²) in [5.74, 6) is -0.352. The van der Waals surface area contributed by atoms with Crippen molar-refractivity contribution >= 4 is 23.8 Å². The molecule has 0 aliphatic rings. The summed E-state index contributed by atoms with van der Waals surface area (Å²) in [6.07, 6.45) is 5.56. The zero-order valence-electron chi connectivity index (χ0n) is 10.8. The van der Waals surface area contributed by atoms with Crippen molar-refractivity contribution in [3.05, 3.63) is 18.0 Å². The lowest BCUT2D eigenvalue weighted by atomic mass is 10.2. The van der Waals surface area contributed by atoms with Gasteiger partial charge in [0.05, 0.1) is 12.2 Å². The summed E-state index contributed by atoms with van der Waals surface area (Å²) < 4.78 is 0. The Hall–Kier alpha value is -1.70. The third kappa shape index (κ3) is 5.21. The molecule has 0 radical (unpaired) electrons. The second-order valence-electron chi connectivity index (χ2n) is 4.04. The maximum Gasteiger partial charge on any atom is 0.326 e. The molecule has 0 fully saturated rings. The molecule has 0 spiro atoms. The number of carboxylic acid groups (broad SMARTS) is 1. The summed E-state index contributed by atoms with van der Waals surface area (Å²) in [6.45, 7) is 1.79. The van der Waals surface area contributed by atoms with Gasteiger partial charge in [-0.05, 0) is 25.4 Å². The lowest BCUT2D eigenvalue weighted by Gasteiger charge is -2.17. The second kappa shape index (κ2) is 7.67. The molecule has 1 aromatic rings. The van der Waals surface area contributed by atoms with Crippen molar-refractivity contribution < 1.29 is 14.7 Å². The van der Waals surface area contributed by atoms with Crippen molar-refractivity contribution in [2.75, 3.05) is 12.0 Å². The Bertz CT molecular complexity index is 410. The summed E-state index contributed by atoms with van der Waals surface area (Å²) in [5, 5.41) is 20.6. The number of amides is 2. The molecular formula is C11H18N4O3S. The molecule has 0 aliphatic heterocycles. The fourth-order valence-electron chi connectivity index (χ4n) is 1.47. The zero-order valence-corrected chi connectivity index (χ0v) is 11.7. The Morgan fingerprint density at radius 1 is 1.53 bits per heavy atom. The molecule has 2 atom stereocenters. The van der Waals surface area contributed by atoms with Gasteiger partial charge in [-0.2, -0.15) is 16.9 Å². The van der Waals surface area contributed by atoms with Crippen molar-refractivity contribution in [3.63, 3.8) is 0 Å². The fourth-order valence-corrected chi connectivity index (χ4v) is 1.94. The maximum atomic E-state index is 11.7. The molecule has 2 amide bonds. The summed E-state index contributed by atoms with van der Waals surface area (Å²) in [4.78, 5) is 22.7. The molecule has 1 heterocycles. The van der Waals surface area contributed by atoms with Gasteiger partial charge < -0.3 is 15.7 Å². The monoisotopic (exact) mass is 286 g/mol. The average Bonchev–Trinajstić information content (AvgIpc) is 2.87. The van der Waals surface area contributed by atoms with Crippen LogP contribution >= 0.6 is 11.8 Å². The molecule has 7 nitrogen and oxygen atoms in total. The van der Waals surface area contributed by atoms with Gasteiger partial charge in [-0.1, -0.05) is 0 Å². The minimum atomic E-state index is -1.03. The highest BCUT2D eigenvalue weighted by Crippen LogP contribution is 2.08. The number of aromatic amines is 1. The molecule has 0 aromatic carbocycles. The lowest BCUT2D eigenvalue weighted by molar-refractivity contribution is -0.139. The van der Waals surface area contributed by atoms with E-state index in [0.717, 1.165) is 5.56 Å². The fraction of sp³-hybridized carbons (Fsp3) is 0.545. The predicted molar refractivity (Wildman–Crippen MR) is 73.1 cm³/mol. The van der Waals surface area contributed by atoms with Gasteiger partial charge in [0.1, 0.15) is 6.04 Å². The van der Waals surface area contributed by atoms with E-state index in [2.05, 4.69) is 20.8 Å². The molecule has 106 valence electrons. The number of thioether (sulfide) groups is 1. The number of H-pyrrole nitrogens is 1. The molecule has 8 heteroatoms. The van der Waals surface area contributed by atoms with Crippen LogP contribution in [0.15, 0.2) is 12.4 Å². The van der Waals surface area contributed by atoms with Crippen LogP contribution in [0.1, 0.15) is 24.9 Å². The zero-order chi connectivity index (χ0) is 14.3. The van der Waals surface area contributed by atoms with Crippen LogP contribution in [-0.4, -0.2) is 45.4 Å². The highest BCUT2D eigenvalue weighted by atomic mass is 32.2. The highest BCUT2D eigenvalue weighted by Gasteiger charge is 2.20. The van der Waals surface area contributed by atoms with Crippen LogP contribution < -0.4 is 10.6 Å². The Morgan fingerprint density at radius 3 is 2.79 bits per heavy atom. The number of hydrogen-bond acceptors (Lipinski definition) is 4. The minimum absolute atomic E-state index is 0.242.